The fraction of sp³-hybridized carbons (Fsp3) is 0.286. The van der Waals surface area contributed by atoms with E-state index in [2.05, 4.69) is 0 Å². The van der Waals surface area contributed by atoms with Gasteiger partial charge in [-0.1, -0.05) is 0 Å². The Kier molecular flexibility index (Phi) is 8.38. The summed E-state index contributed by atoms with van der Waals surface area (Å²) < 4.78 is 34.6. The van der Waals surface area contributed by atoms with Gasteiger partial charge in [-0.05, 0) is 24.3 Å². The first-order chi connectivity index (χ1) is 19.5. The van der Waals surface area contributed by atoms with Crippen molar-refractivity contribution in [3.8, 4) is 23.0 Å². The van der Waals surface area contributed by atoms with E-state index < -0.39 is 23.6 Å². The molecule has 0 aliphatic carbocycles. The van der Waals surface area contributed by atoms with Crippen LogP contribution in [0.15, 0.2) is 60.7 Å². The predicted octanol–water partition coefficient (Wildman–Crippen LogP) is 1.81. The molecule has 0 bridgehead atoms. The van der Waals surface area contributed by atoms with Gasteiger partial charge < -0.3 is 28.4 Å². The number of rotatable bonds is 2. The third-order valence-electron chi connectivity index (χ3n) is 5.93. The van der Waals surface area contributed by atoms with Gasteiger partial charge in [-0.25, -0.2) is 9.80 Å². The van der Waals surface area contributed by atoms with E-state index in [0.717, 1.165) is 9.80 Å². The molecule has 3 aliphatic heterocycles. The molecule has 2 aromatic carbocycles. The average Bonchev–Trinajstić information content (AvgIpc) is 3.47. The van der Waals surface area contributed by atoms with Crippen molar-refractivity contribution >= 4 is 35.0 Å². The molecule has 0 N–H and O–H groups in total. The van der Waals surface area contributed by atoms with Gasteiger partial charge >= 0.3 is 0 Å². The summed E-state index contributed by atoms with van der Waals surface area (Å²) >= 11 is 0. The lowest BCUT2D eigenvalue weighted by Gasteiger charge is -2.19. The highest BCUT2D eigenvalue weighted by atomic mass is 16.6. The van der Waals surface area contributed by atoms with Crippen molar-refractivity contribution < 1.29 is 47.6 Å². The van der Waals surface area contributed by atoms with E-state index in [-0.39, 0.29) is 52.9 Å². The molecule has 2 aromatic rings. The first-order valence-electron chi connectivity index (χ1n) is 12.6. The Labute approximate surface area is 229 Å². The number of anilines is 2. The second kappa shape index (κ2) is 12.5. The first kappa shape index (κ1) is 26.9. The summed E-state index contributed by atoms with van der Waals surface area (Å²) in [5.41, 5.74) is 0.719. The standard InChI is InChI=1S/C28H26N2O10/c31-25-5-6-26(32)29(25)19-1-3-21-23(17-19)39-15-11-36-12-16-40-24-18-20(30-27(33)7-8-28(30)34)2-4-22(24)38-14-10-35-9-13-37-21/h1-8,17-18H,9-16H2. The predicted molar refractivity (Wildman–Crippen MR) is 140 cm³/mol. The summed E-state index contributed by atoms with van der Waals surface area (Å²) in [6, 6.07) is 9.60. The van der Waals surface area contributed by atoms with Gasteiger partial charge in [0, 0.05) is 36.4 Å². The topological polar surface area (TPSA) is 130 Å². The fourth-order valence-electron chi connectivity index (χ4n) is 4.09. The smallest absolute Gasteiger partial charge is 0.258 e. The van der Waals surface area contributed by atoms with Crippen LogP contribution in [-0.2, 0) is 28.7 Å². The Bertz CT molecular complexity index is 1230. The quantitative estimate of drug-likeness (QED) is 0.511. The zero-order chi connectivity index (χ0) is 27.9. The zero-order valence-corrected chi connectivity index (χ0v) is 21.4. The maximum Gasteiger partial charge on any atom is 0.258 e. The van der Waals surface area contributed by atoms with E-state index in [0.29, 0.717) is 34.4 Å². The molecule has 12 nitrogen and oxygen atoms in total. The number of ether oxygens (including phenoxy) is 6. The number of amides is 4. The van der Waals surface area contributed by atoms with Crippen LogP contribution in [-0.4, -0.2) is 76.5 Å². The molecule has 40 heavy (non-hydrogen) atoms. The van der Waals surface area contributed by atoms with Crippen LogP contribution in [0, 0.1) is 0 Å². The molecule has 208 valence electrons. The highest BCUT2D eigenvalue weighted by Crippen LogP contribution is 2.34. The van der Waals surface area contributed by atoms with Crippen molar-refractivity contribution in [1.29, 1.82) is 0 Å². The van der Waals surface area contributed by atoms with Crippen molar-refractivity contribution in [2.75, 3.05) is 62.7 Å². The van der Waals surface area contributed by atoms with Gasteiger partial charge in [-0.3, -0.25) is 19.2 Å². The van der Waals surface area contributed by atoms with Gasteiger partial charge in [0.25, 0.3) is 23.6 Å². The lowest BCUT2D eigenvalue weighted by Crippen LogP contribution is -2.29. The normalized spacial score (nSPS) is 18.7. The molecule has 0 aromatic heterocycles. The van der Waals surface area contributed by atoms with Crippen LogP contribution in [0.25, 0.3) is 0 Å². The Morgan fingerprint density at radius 2 is 0.750 bits per heavy atom. The van der Waals surface area contributed by atoms with E-state index in [1.54, 1.807) is 36.4 Å². The van der Waals surface area contributed by atoms with Crippen LogP contribution in [0.3, 0.4) is 0 Å². The molecule has 3 heterocycles. The van der Waals surface area contributed by atoms with E-state index in [1.165, 1.54) is 24.3 Å². The third kappa shape index (κ3) is 6.14. The molecule has 0 atom stereocenters. The van der Waals surface area contributed by atoms with Crippen LogP contribution in [0.2, 0.25) is 0 Å². The molecule has 12 heteroatoms. The van der Waals surface area contributed by atoms with Crippen LogP contribution in [0.5, 0.6) is 23.0 Å². The van der Waals surface area contributed by atoms with Gasteiger partial charge in [-0.2, -0.15) is 0 Å². The van der Waals surface area contributed by atoms with Gasteiger partial charge in [-0.15, -0.1) is 0 Å². The number of hydrogen-bond acceptors (Lipinski definition) is 10. The van der Waals surface area contributed by atoms with Gasteiger partial charge in [0.2, 0.25) is 0 Å². The Balaban J connectivity index is 1.24. The number of imide groups is 2. The van der Waals surface area contributed by atoms with Gasteiger partial charge in [0.1, 0.15) is 26.4 Å². The molecular formula is C28H26N2O10. The van der Waals surface area contributed by atoms with Crippen molar-refractivity contribution in [3.05, 3.63) is 60.7 Å². The molecular weight excluding hydrogens is 524 g/mol. The Morgan fingerprint density at radius 1 is 0.425 bits per heavy atom. The zero-order valence-electron chi connectivity index (χ0n) is 21.4. The second-order valence-corrected chi connectivity index (χ2v) is 8.57. The molecule has 0 unspecified atom stereocenters. The Morgan fingerprint density at radius 3 is 1.10 bits per heavy atom. The highest BCUT2D eigenvalue weighted by molar-refractivity contribution is 6.28. The van der Waals surface area contributed by atoms with Crippen molar-refractivity contribution in [2.24, 2.45) is 0 Å². The number of benzene rings is 2. The van der Waals surface area contributed by atoms with Gasteiger partial charge in [0.15, 0.2) is 23.0 Å². The first-order valence-corrected chi connectivity index (χ1v) is 12.6. The molecule has 4 amide bonds. The average molecular weight is 551 g/mol. The molecule has 0 fully saturated rings. The third-order valence-corrected chi connectivity index (χ3v) is 5.93. The van der Waals surface area contributed by atoms with E-state index in [1.807, 2.05) is 0 Å². The monoisotopic (exact) mass is 550 g/mol. The second-order valence-electron chi connectivity index (χ2n) is 8.57. The summed E-state index contributed by atoms with van der Waals surface area (Å²) in [5, 5.41) is 0. The maximum atomic E-state index is 12.1. The number of carbonyl (C=O) groups is 4. The molecule has 0 radical (unpaired) electrons. The summed E-state index contributed by atoms with van der Waals surface area (Å²) in [6.45, 7) is 1.69. The summed E-state index contributed by atoms with van der Waals surface area (Å²) in [4.78, 5) is 50.4. The fourth-order valence-corrected chi connectivity index (χ4v) is 4.09. The van der Waals surface area contributed by atoms with Gasteiger partial charge in [0.05, 0.1) is 37.8 Å². The largest absolute Gasteiger partial charge is 0.487 e. The number of carbonyl (C=O) groups excluding carboxylic acids is 4. The minimum atomic E-state index is -0.436. The minimum Gasteiger partial charge on any atom is -0.487 e. The number of hydrogen-bond donors (Lipinski definition) is 0. The molecule has 0 spiro atoms. The number of fused-ring (bicyclic) bond motifs is 2. The van der Waals surface area contributed by atoms with E-state index in [9.17, 15) is 19.2 Å². The van der Waals surface area contributed by atoms with Crippen LogP contribution in [0.4, 0.5) is 11.4 Å². The molecule has 0 saturated heterocycles. The lowest BCUT2D eigenvalue weighted by molar-refractivity contribution is -0.121. The van der Waals surface area contributed by atoms with E-state index in [4.69, 9.17) is 28.4 Å². The van der Waals surface area contributed by atoms with E-state index >= 15 is 0 Å². The minimum absolute atomic E-state index is 0.159. The summed E-state index contributed by atoms with van der Waals surface area (Å²) in [5.74, 6) is -0.205. The van der Waals surface area contributed by atoms with Crippen LogP contribution in [0.1, 0.15) is 0 Å². The SMILES string of the molecule is O=C1C=CC(=O)N1c1ccc2c(c1)OCCOCCOc1cc(N3C(=O)C=CC3=O)ccc1OCCOCCO2. The molecule has 0 saturated carbocycles. The van der Waals surface area contributed by atoms with Crippen LogP contribution < -0.4 is 28.7 Å². The summed E-state index contributed by atoms with van der Waals surface area (Å²) in [6.07, 6.45) is 4.84. The van der Waals surface area contributed by atoms with Crippen molar-refractivity contribution in [3.63, 3.8) is 0 Å². The molecule has 5 rings (SSSR count). The molecule has 3 aliphatic rings. The lowest BCUT2D eigenvalue weighted by atomic mass is 10.2. The van der Waals surface area contributed by atoms with Crippen molar-refractivity contribution in [1.82, 2.24) is 0 Å². The Hall–Kier alpha value is -4.68. The van der Waals surface area contributed by atoms with Crippen LogP contribution >= 0.6 is 0 Å². The van der Waals surface area contributed by atoms with Crippen molar-refractivity contribution in [2.45, 2.75) is 0 Å². The maximum absolute atomic E-state index is 12.1. The summed E-state index contributed by atoms with van der Waals surface area (Å²) in [7, 11) is 0. The highest BCUT2D eigenvalue weighted by Gasteiger charge is 2.27. The number of nitrogens with zero attached hydrogens (tertiary/aromatic N) is 2.